The second kappa shape index (κ2) is 4.89. The smallest absolute Gasteiger partial charge is 0.0339 e. The number of nitrogens with two attached hydrogens (primary N) is 1. The molecule has 0 amide bonds. The van der Waals surface area contributed by atoms with Crippen LogP contribution >= 0.6 is 0 Å². The largest absolute Gasteiger partial charge is 0.329 e. The van der Waals surface area contributed by atoms with Crippen LogP contribution in [-0.2, 0) is 0 Å². The minimum absolute atomic E-state index is 0.318. The fourth-order valence-electron chi connectivity index (χ4n) is 4.38. The van der Waals surface area contributed by atoms with Crippen LogP contribution in [0.15, 0.2) is 0 Å². The van der Waals surface area contributed by atoms with Gasteiger partial charge in [0, 0.05) is 18.1 Å². The van der Waals surface area contributed by atoms with E-state index in [1.807, 2.05) is 0 Å². The highest BCUT2D eigenvalue weighted by Gasteiger charge is 2.46. The third kappa shape index (κ3) is 2.53. The minimum atomic E-state index is 0.318. The molecule has 1 saturated heterocycles. The van der Waals surface area contributed by atoms with Crippen LogP contribution in [0.1, 0.15) is 65.7 Å². The molecule has 17 heavy (non-hydrogen) atoms. The van der Waals surface area contributed by atoms with Crippen molar-refractivity contribution in [2.75, 3.05) is 13.1 Å². The molecule has 0 bridgehead atoms. The van der Waals surface area contributed by atoms with Crippen LogP contribution in [-0.4, -0.2) is 29.6 Å². The summed E-state index contributed by atoms with van der Waals surface area (Å²) in [5.74, 6) is 0. The van der Waals surface area contributed by atoms with Crippen molar-refractivity contribution in [2.24, 2.45) is 11.1 Å². The van der Waals surface area contributed by atoms with Gasteiger partial charge in [-0.1, -0.05) is 27.2 Å². The molecule has 2 unspecified atom stereocenters. The van der Waals surface area contributed by atoms with E-state index < -0.39 is 0 Å². The predicted molar refractivity (Wildman–Crippen MR) is 74.1 cm³/mol. The van der Waals surface area contributed by atoms with Gasteiger partial charge < -0.3 is 5.73 Å². The van der Waals surface area contributed by atoms with Crippen molar-refractivity contribution in [1.82, 2.24) is 4.90 Å². The molecule has 2 N–H and O–H groups in total. The maximum atomic E-state index is 6.21. The Morgan fingerprint density at radius 1 is 1.24 bits per heavy atom. The summed E-state index contributed by atoms with van der Waals surface area (Å²) in [7, 11) is 0. The first-order valence-electron chi connectivity index (χ1n) is 7.50. The van der Waals surface area contributed by atoms with E-state index >= 15 is 0 Å². The highest BCUT2D eigenvalue weighted by Crippen LogP contribution is 2.46. The quantitative estimate of drug-likeness (QED) is 0.818. The summed E-state index contributed by atoms with van der Waals surface area (Å²) in [5.41, 5.74) is 7.02. The maximum absolute atomic E-state index is 6.21. The first kappa shape index (κ1) is 13.4. The molecule has 1 aliphatic carbocycles. The number of nitrogens with zero attached hydrogens (tertiary/aromatic N) is 1. The standard InChI is InChI=1S/C15H30N2/c1-4-13-7-5-10-17(13)15(12-16)9-6-8-14(2,3)11-15/h13H,4-12,16H2,1-3H3. The van der Waals surface area contributed by atoms with Crippen molar-refractivity contribution in [3.8, 4) is 0 Å². The van der Waals surface area contributed by atoms with Gasteiger partial charge in [0.1, 0.15) is 0 Å². The zero-order chi connectivity index (χ0) is 12.5. The molecule has 0 aromatic rings. The predicted octanol–water partition coefficient (Wildman–Crippen LogP) is 3.16. The van der Waals surface area contributed by atoms with Gasteiger partial charge in [-0.3, -0.25) is 4.90 Å². The van der Waals surface area contributed by atoms with Gasteiger partial charge in [0.05, 0.1) is 0 Å². The molecule has 0 spiro atoms. The topological polar surface area (TPSA) is 29.3 Å². The second-order valence-electron chi connectivity index (χ2n) is 7.02. The molecule has 2 fully saturated rings. The van der Waals surface area contributed by atoms with E-state index in [2.05, 4.69) is 25.7 Å². The first-order valence-corrected chi connectivity index (χ1v) is 7.50. The van der Waals surface area contributed by atoms with Crippen molar-refractivity contribution in [3.05, 3.63) is 0 Å². The molecule has 0 aromatic carbocycles. The summed E-state index contributed by atoms with van der Waals surface area (Å²) >= 11 is 0. The molecule has 0 aromatic heterocycles. The molecule has 0 radical (unpaired) electrons. The minimum Gasteiger partial charge on any atom is -0.329 e. The summed E-state index contributed by atoms with van der Waals surface area (Å²) in [4.78, 5) is 2.79. The van der Waals surface area contributed by atoms with Crippen LogP contribution in [0, 0.1) is 5.41 Å². The summed E-state index contributed by atoms with van der Waals surface area (Å²) in [6, 6.07) is 0.799. The van der Waals surface area contributed by atoms with E-state index in [9.17, 15) is 0 Å². The van der Waals surface area contributed by atoms with Gasteiger partial charge in [0.15, 0.2) is 0 Å². The second-order valence-corrected chi connectivity index (χ2v) is 7.02. The SMILES string of the molecule is CCC1CCCN1C1(CN)CCCC(C)(C)C1. The molecule has 2 nitrogen and oxygen atoms in total. The first-order chi connectivity index (χ1) is 8.03. The molecule has 100 valence electrons. The monoisotopic (exact) mass is 238 g/mol. The summed E-state index contributed by atoms with van der Waals surface area (Å²) < 4.78 is 0. The van der Waals surface area contributed by atoms with Crippen molar-refractivity contribution in [3.63, 3.8) is 0 Å². The third-order valence-electron chi connectivity index (χ3n) is 5.14. The lowest BCUT2D eigenvalue weighted by Gasteiger charge is -2.51. The van der Waals surface area contributed by atoms with Crippen molar-refractivity contribution in [1.29, 1.82) is 0 Å². The fourth-order valence-corrected chi connectivity index (χ4v) is 4.38. The van der Waals surface area contributed by atoms with Gasteiger partial charge in [-0.15, -0.1) is 0 Å². The van der Waals surface area contributed by atoms with Gasteiger partial charge in [-0.05, 0) is 50.5 Å². The Bertz CT molecular complexity index is 262. The molecule has 2 rings (SSSR count). The van der Waals surface area contributed by atoms with Crippen LogP contribution in [0.4, 0.5) is 0 Å². The van der Waals surface area contributed by atoms with Crippen LogP contribution < -0.4 is 5.73 Å². The van der Waals surface area contributed by atoms with Crippen LogP contribution in [0.25, 0.3) is 0 Å². The van der Waals surface area contributed by atoms with Crippen molar-refractivity contribution >= 4 is 0 Å². The Kier molecular flexibility index (Phi) is 3.84. The van der Waals surface area contributed by atoms with Crippen molar-refractivity contribution < 1.29 is 0 Å². The lowest BCUT2D eigenvalue weighted by molar-refractivity contribution is 0.000485. The van der Waals surface area contributed by atoms with E-state index in [1.165, 1.54) is 51.5 Å². The van der Waals surface area contributed by atoms with Gasteiger partial charge in [0.2, 0.25) is 0 Å². The van der Waals surface area contributed by atoms with Crippen molar-refractivity contribution in [2.45, 2.75) is 77.3 Å². The summed E-state index contributed by atoms with van der Waals surface area (Å²) in [6.07, 6.45) is 9.41. The Morgan fingerprint density at radius 3 is 2.59 bits per heavy atom. The molecule has 1 aliphatic heterocycles. The number of hydrogen-bond donors (Lipinski definition) is 1. The molecular formula is C15H30N2. The van der Waals surface area contributed by atoms with E-state index in [0.29, 0.717) is 11.0 Å². The average molecular weight is 238 g/mol. The van der Waals surface area contributed by atoms with E-state index in [-0.39, 0.29) is 0 Å². The molecule has 2 atom stereocenters. The normalized spacial score (nSPS) is 38.5. The van der Waals surface area contributed by atoms with E-state index in [4.69, 9.17) is 5.73 Å². The molecule has 2 aliphatic rings. The van der Waals surface area contributed by atoms with Crippen LogP contribution in [0.3, 0.4) is 0 Å². The van der Waals surface area contributed by atoms with E-state index in [0.717, 1.165) is 12.6 Å². The zero-order valence-corrected chi connectivity index (χ0v) is 12.0. The average Bonchev–Trinajstić information content (AvgIpc) is 2.76. The van der Waals surface area contributed by atoms with E-state index in [1.54, 1.807) is 0 Å². The van der Waals surface area contributed by atoms with Gasteiger partial charge in [-0.25, -0.2) is 0 Å². The molecular weight excluding hydrogens is 208 g/mol. The number of hydrogen-bond acceptors (Lipinski definition) is 2. The lowest BCUT2D eigenvalue weighted by Crippen LogP contribution is -2.59. The Labute approximate surface area is 107 Å². The third-order valence-corrected chi connectivity index (χ3v) is 5.14. The van der Waals surface area contributed by atoms with Crippen LogP contribution in [0.5, 0.6) is 0 Å². The molecule has 1 saturated carbocycles. The summed E-state index contributed by atoms with van der Waals surface area (Å²) in [5, 5.41) is 0. The Morgan fingerprint density at radius 2 is 2.00 bits per heavy atom. The maximum Gasteiger partial charge on any atom is 0.0339 e. The lowest BCUT2D eigenvalue weighted by atomic mass is 9.67. The zero-order valence-electron chi connectivity index (χ0n) is 12.0. The fraction of sp³-hybridized carbons (Fsp3) is 1.00. The highest BCUT2D eigenvalue weighted by molar-refractivity contribution is 5.02. The number of rotatable bonds is 3. The highest BCUT2D eigenvalue weighted by atomic mass is 15.3. The van der Waals surface area contributed by atoms with Gasteiger partial charge in [-0.2, -0.15) is 0 Å². The van der Waals surface area contributed by atoms with Gasteiger partial charge in [0.25, 0.3) is 0 Å². The molecule has 1 heterocycles. The Balaban J connectivity index is 2.18. The Hall–Kier alpha value is -0.0800. The number of likely N-dealkylation sites (tertiary alicyclic amines) is 1. The van der Waals surface area contributed by atoms with Crippen LogP contribution in [0.2, 0.25) is 0 Å². The summed E-state index contributed by atoms with van der Waals surface area (Å²) in [6.45, 7) is 9.32. The molecule has 2 heteroatoms. The van der Waals surface area contributed by atoms with Gasteiger partial charge >= 0.3 is 0 Å².